The van der Waals surface area contributed by atoms with E-state index in [0.717, 1.165) is 19.6 Å². The van der Waals surface area contributed by atoms with Crippen molar-refractivity contribution in [3.8, 4) is 0 Å². The summed E-state index contributed by atoms with van der Waals surface area (Å²) in [6, 6.07) is 10.3. The second kappa shape index (κ2) is 5.51. The molecule has 2 aliphatic heterocycles. The van der Waals surface area contributed by atoms with Crippen molar-refractivity contribution in [1.82, 2.24) is 10.2 Å². The summed E-state index contributed by atoms with van der Waals surface area (Å²) in [7, 11) is 2.25. The summed E-state index contributed by atoms with van der Waals surface area (Å²) < 4.78 is 0. The number of piperidine rings is 1. The Hall–Kier alpha value is -1.06. The molecule has 0 radical (unpaired) electrons. The van der Waals surface area contributed by atoms with E-state index in [2.05, 4.69) is 53.4 Å². The van der Waals surface area contributed by atoms with Crippen molar-refractivity contribution in [1.29, 1.82) is 0 Å². The number of nitrogens with one attached hydrogen (secondary N) is 1. The molecule has 3 rings (SSSR count). The minimum Gasteiger partial charge on any atom is -0.367 e. The lowest BCUT2D eigenvalue weighted by atomic mass is 9.96. The molecule has 0 spiro atoms. The van der Waals surface area contributed by atoms with Gasteiger partial charge in [0.2, 0.25) is 0 Å². The number of hydrogen-bond donors (Lipinski definition) is 1. The predicted octanol–water partition coefficient (Wildman–Crippen LogP) is 2.08. The average molecular weight is 259 g/mol. The Balaban J connectivity index is 1.84. The molecule has 0 saturated carbocycles. The van der Waals surface area contributed by atoms with Gasteiger partial charge >= 0.3 is 0 Å². The molecule has 0 amide bonds. The summed E-state index contributed by atoms with van der Waals surface area (Å²) in [5, 5.41) is 3.54. The molecule has 1 aromatic carbocycles. The van der Waals surface area contributed by atoms with E-state index in [9.17, 15) is 0 Å². The Labute approximate surface area is 116 Å². The molecular formula is C16H25N3. The van der Waals surface area contributed by atoms with Crippen molar-refractivity contribution >= 4 is 5.69 Å². The van der Waals surface area contributed by atoms with Gasteiger partial charge in [0, 0.05) is 44.0 Å². The number of benzene rings is 1. The van der Waals surface area contributed by atoms with E-state index < -0.39 is 0 Å². The molecule has 2 unspecified atom stereocenters. The summed E-state index contributed by atoms with van der Waals surface area (Å²) in [5.41, 5.74) is 2.90. The Kier molecular flexibility index (Phi) is 3.76. The second-order valence-corrected chi connectivity index (χ2v) is 6.01. The number of anilines is 1. The molecule has 2 atom stereocenters. The van der Waals surface area contributed by atoms with Crippen LogP contribution in [0.3, 0.4) is 0 Å². The fraction of sp³-hybridized carbons (Fsp3) is 0.625. The van der Waals surface area contributed by atoms with Gasteiger partial charge in [0.25, 0.3) is 0 Å². The summed E-state index contributed by atoms with van der Waals surface area (Å²) in [4.78, 5) is 5.14. The first kappa shape index (κ1) is 12.9. The first-order chi connectivity index (χ1) is 9.25. The third-order valence-electron chi connectivity index (χ3n) is 4.77. The van der Waals surface area contributed by atoms with Crippen molar-refractivity contribution in [2.24, 2.45) is 0 Å². The zero-order valence-electron chi connectivity index (χ0n) is 12.1. The molecule has 2 aliphatic rings. The molecular weight excluding hydrogens is 234 g/mol. The van der Waals surface area contributed by atoms with Gasteiger partial charge in [-0.2, -0.15) is 0 Å². The summed E-state index contributed by atoms with van der Waals surface area (Å²) >= 11 is 0. The zero-order chi connectivity index (χ0) is 13.2. The monoisotopic (exact) mass is 259 g/mol. The molecule has 1 N–H and O–H groups in total. The maximum Gasteiger partial charge on any atom is 0.0414 e. The van der Waals surface area contributed by atoms with Crippen LogP contribution >= 0.6 is 0 Å². The van der Waals surface area contributed by atoms with Crippen LogP contribution in [-0.4, -0.2) is 43.7 Å². The lowest BCUT2D eigenvalue weighted by Gasteiger charge is -2.42. The van der Waals surface area contributed by atoms with E-state index in [0.29, 0.717) is 12.1 Å². The Morgan fingerprint density at radius 2 is 2.05 bits per heavy atom. The van der Waals surface area contributed by atoms with Gasteiger partial charge < -0.3 is 15.1 Å². The Morgan fingerprint density at radius 3 is 2.89 bits per heavy atom. The van der Waals surface area contributed by atoms with E-state index in [1.165, 1.54) is 30.6 Å². The Bertz CT molecular complexity index is 432. The number of likely N-dealkylation sites (tertiary alicyclic amines) is 1. The van der Waals surface area contributed by atoms with Crippen LogP contribution in [0.4, 0.5) is 5.69 Å². The molecule has 19 heavy (non-hydrogen) atoms. The third kappa shape index (κ3) is 2.63. The molecule has 1 aromatic rings. The minimum absolute atomic E-state index is 0.696. The van der Waals surface area contributed by atoms with Crippen LogP contribution in [0.1, 0.15) is 25.3 Å². The second-order valence-electron chi connectivity index (χ2n) is 6.01. The molecule has 0 aromatic heterocycles. The van der Waals surface area contributed by atoms with E-state index in [1.807, 2.05) is 0 Å². The van der Waals surface area contributed by atoms with Gasteiger partial charge in [0.15, 0.2) is 0 Å². The highest BCUT2D eigenvalue weighted by Crippen LogP contribution is 2.29. The minimum atomic E-state index is 0.696. The predicted molar refractivity (Wildman–Crippen MR) is 80.6 cm³/mol. The van der Waals surface area contributed by atoms with Crippen LogP contribution in [0.15, 0.2) is 24.3 Å². The molecule has 104 valence electrons. The smallest absolute Gasteiger partial charge is 0.0414 e. The van der Waals surface area contributed by atoms with Gasteiger partial charge in [-0.15, -0.1) is 0 Å². The Morgan fingerprint density at radius 1 is 1.21 bits per heavy atom. The summed E-state index contributed by atoms with van der Waals surface area (Å²) in [5.74, 6) is 0. The van der Waals surface area contributed by atoms with Crippen molar-refractivity contribution in [3.05, 3.63) is 29.8 Å². The van der Waals surface area contributed by atoms with Crippen molar-refractivity contribution < 1.29 is 0 Å². The average Bonchev–Trinajstić information content (AvgIpc) is 2.64. The normalized spacial score (nSPS) is 28.8. The fourth-order valence-electron chi connectivity index (χ4n) is 3.41. The van der Waals surface area contributed by atoms with Gasteiger partial charge in [-0.1, -0.05) is 18.2 Å². The molecule has 3 nitrogen and oxygen atoms in total. The van der Waals surface area contributed by atoms with E-state index >= 15 is 0 Å². The van der Waals surface area contributed by atoms with E-state index in [4.69, 9.17) is 0 Å². The van der Waals surface area contributed by atoms with E-state index in [-0.39, 0.29) is 0 Å². The van der Waals surface area contributed by atoms with Crippen molar-refractivity contribution in [2.75, 3.05) is 31.6 Å². The SMILES string of the molecule is CC1CC(N2CCNCc3ccccc32)CCN1C. The quantitative estimate of drug-likeness (QED) is 0.833. The lowest BCUT2D eigenvalue weighted by Crippen LogP contribution is -2.48. The standard InChI is InChI=1S/C16H25N3/c1-13-11-15(7-9-18(13)2)19-10-8-17-12-14-5-3-4-6-16(14)19/h3-6,13,15,17H,7-12H2,1-2H3. The van der Waals surface area contributed by atoms with E-state index in [1.54, 1.807) is 0 Å². The topological polar surface area (TPSA) is 18.5 Å². The van der Waals surface area contributed by atoms with Gasteiger partial charge in [-0.05, 0) is 38.4 Å². The van der Waals surface area contributed by atoms with Crippen LogP contribution < -0.4 is 10.2 Å². The number of rotatable bonds is 1. The van der Waals surface area contributed by atoms with Crippen LogP contribution in [0, 0.1) is 0 Å². The van der Waals surface area contributed by atoms with Crippen molar-refractivity contribution in [3.63, 3.8) is 0 Å². The highest BCUT2D eigenvalue weighted by atomic mass is 15.2. The molecule has 3 heteroatoms. The van der Waals surface area contributed by atoms with Gasteiger partial charge in [0.05, 0.1) is 0 Å². The largest absolute Gasteiger partial charge is 0.367 e. The van der Waals surface area contributed by atoms with Crippen molar-refractivity contribution in [2.45, 2.75) is 38.4 Å². The third-order valence-corrected chi connectivity index (χ3v) is 4.77. The number of fused-ring (bicyclic) bond motifs is 1. The molecule has 1 fully saturated rings. The molecule has 0 bridgehead atoms. The summed E-state index contributed by atoms with van der Waals surface area (Å²) in [6.45, 7) is 6.81. The van der Waals surface area contributed by atoms with Crippen LogP contribution in [-0.2, 0) is 6.54 Å². The zero-order valence-corrected chi connectivity index (χ0v) is 12.1. The highest BCUT2D eigenvalue weighted by Gasteiger charge is 2.29. The fourth-order valence-corrected chi connectivity index (χ4v) is 3.41. The van der Waals surface area contributed by atoms with Crippen LogP contribution in [0.5, 0.6) is 0 Å². The summed E-state index contributed by atoms with van der Waals surface area (Å²) in [6.07, 6.45) is 2.57. The number of para-hydroxylation sites is 1. The lowest BCUT2D eigenvalue weighted by molar-refractivity contribution is 0.180. The number of nitrogens with zero attached hydrogens (tertiary/aromatic N) is 2. The van der Waals surface area contributed by atoms with Gasteiger partial charge in [0.1, 0.15) is 0 Å². The molecule has 0 aliphatic carbocycles. The highest BCUT2D eigenvalue weighted by molar-refractivity contribution is 5.55. The maximum absolute atomic E-state index is 3.54. The first-order valence-electron chi connectivity index (χ1n) is 7.51. The van der Waals surface area contributed by atoms with Gasteiger partial charge in [-0.3, -0.25) is 0 Å². The van der Waals surface area contributed by atoms with Crippen LogP contribution in [0.2, 0.25) is 0 Å². The van der Waals surface area contributed by atoms with Gasteiger partial charge in [-0.25, -0.2) is 0 Å². The first-order valence-corrected chi connectivity index (χ1v) is 7.51. The number of hydrogen-bond acceptors (Lipinski definition) is 3. The molecule has 2 heterocycles. The van der Waals surface area contributed by atoms with Crippen LogP contribution in [0.25, 0.3) is 0 Å². The maximum atomic E-state index is 3.54. The molecule has 1 saturated heterocycles.